The van der Waals surface area contributed by atoms with Gasteiger partial charge >= 0.3 is 0 Å². The van der Waals surface area contributed by atoms with E-state index in [-0.39, 0.29) is 5.91 Å². The molecule has 5 heteroatoms. The molecule has 2 N–H and O–H groups in total. The number of carbonyl (C=O) groups is 1. The topological polar surface area (TPSA) is 50.4 Å². The number of nitrogens with one attached hydrogen (secondary N) is 2. The number of hydrogen-bond acceptors (Lipinski definition) is 3. The van der Waals surface area contributed by atoms with Gasteiger partial charge < -0.3 is 15.4 Å². The molecule has 2 rings (SSSR count). The van der Waals surface area contributed by atoms with Gasteiger partial charge in [-0.25, -0.2) is 0 Å². The molecule has 0 atom stereocenters. The van der Waals surface area contributed by atoms with Gasteiger partial charge in [0, 0.05) is 12.1 Å². The van der Waals surface area contributed by atoms with Crippen molar-refractivity contribution in [2.45, 2.75) is 32.6 Å². The third-order valence-corrected chi connectivity index (χ3v) is 3.85. The molecule has 0 aliphatic carbocycles. The first-order valence-electron chi connectivity index (χ1n) is 8.43. The van der Waals surface area contributed by atoms with Crippen LogP contribution in [0.4, 0.5) is 5.69 Å². The maximum absolute atomic E-state index is 11.9. The van der Waals surface area contributed by atoms with E-state index in [0.717, 1.165) is 11.4 Å². The minimum Gasteiger partial charge on any atom is -0.494 e. The summed E-state index contributed by atoms with van der Waals surface area (Å²) in [4.78, 5) is 11.9. The van der Waals surface area contributed by atoms with Crippen LogP contribution in [0.15, 0.2) is 54.6 Å². The van der Waals surface area contributed by atoms with Gasteiger partial charge in [-0.15, -0.1) is 0 Å². The highest BCUT2D eigenvalue weighted by molar-refractivity contribution is 7.80. The molecule has 0 aliphatic heterocycles. The summed E-state index contributed by atoms with van der Waals surface area (Å²) in [6.07, 6.45) is 0.993. The summed E-state index contributed by atoms with van der Waals surface area (Å²) in [5, 5.41) is 6.03. The molecule has 2 aromatic rings. The van der Waals surface area contributed by atoms with Gasteiger partial charge in [-0.3, -0.25) is 4.79 Å². The molecule has 0 radical (unpaired) electrons. The van der Waals surface area contributed by atoms with E-state index in [0.29, 0.717) is 30.5 Å². The van der Waals surface area contributed by atoms with Crippen LogP contribution in [0.5, 0.6) is 5.75 Å². The van der Waals surface area contributed by atoms with E-state index >= 15 is 0 Å². The van der Waals surface area contributed by atoms with Gasteiger partial charge in [-0.05, 0) is 54.4 Å². The predicted octanol–water partition coefficient (Wildman–Crippen LogP) is 4.48. The van der Waals surface area contributed by atoms with Crippen LogP contribution in [0, 0.1) is 0 Å². The fourth-order valence-electron chi connectivity index (χ4n) is 2.24. The number of hydrogen-bond donors (Lipinski definition) is 2. The summed E-state index contributed by atoms with van der Waals surface area (Å²) in [6, 6.07) is 17.6. The molecule has 0 unspecified atom stereocenters. The zero-order valence-electron chi connectivity index (χ0n) is 14.6. The minimum atomic E-state index is -0.118. The summed E-state index contributed by atoms with van der Waals surface area (Å²) in [7, 11) is 0. The van der Waals surface area contributed by atoms with Crippen LogP contribution in [0.2, 0.25) is 0 Å². The van der Waals surface area contributed by atoms with Gasteiger partial charge in [0.15, 0.2) is 5.11 Å². The molecule has 0 saturated carbocycles. The first-order chi connectivity index (χ1) is 12.0. The number of amides is 1. The molecule has 132 valence electrons. The Hall–Kier alpha value is -2.40. The Bertz CT molecular complexity index is 685. The van der Waals surface area contributed by atoms with Crippen molar-refractivity contribution in [1.82, 2.24) is 5.32 Å². The largest absolute Gasteiger partial charge is 0.494 e. The van der Waals surface area contributed by atoms with Gasteiger partial charge in [0.1, 0.15) is 5.75 Å². The van der Waals surface area contributed by atoms with Gasteiger partial charge in [-0.1, -0.05) is 44.2 Å². The van der Waals surface area contributed by atoms with Crippen LogP contribution < -0.4 is 15.4 Å². The fraction of sp³-hybridized carbons (Fsp3) is 0.300. The van der Waals surface area contributed by atoms with Crippen LogP contribution in [0.1, 0.15) is 38.2 Å². The molecule has 0 heterocycles. The zero-order valence-corrected chi connectivity index (χ0v) is 15.4. The second-order valence-corrected chi connectivity index (χ2v) is 6.45. The Morgan fingerprint density at radius 1 is 1.08 bits per heavy atom. The van der Waals surface area contributed by atoms with Crippen molar-refractivity contribution < 1.29 is 9.53 Å². The molecule has 0 bridgehead atoms. The first-order valence-corrected chi connectivity index (χ1v) is 8.84. The number of para-hydroxylation sites is 1. The Balaban J connectivity index is 1.66. The third-order valence-electron chi connectivity index (χ3n) is 3.65. The molecule has 1 amide bonds. The molecule has 0 fully saturated rings. The molecular formula is C20H24N2O2S. The van der Waals surface area contributed by atoms with Gasteiger partial charge in [0.05, 0.1) is 6.61 Å². The molecule has 0 aliphatic rings. The van der Waals surface area contributed by atoms with Gasteiger partial charge in [0.2, 0.25) is 5.91 Å². The van der Waals surface area contributed by atoms with Crippen molar-refractivity contribution >= 4 is 28.9 Å². The fourth-order valence-corrected chi connectivity index (χ4v) is 2.47. The number of anilines is 1. The van der Waals surface area contributed by atoms with Crippen LogP contribution in [-0.4, -0.2) is 17.6 Å². The lowest BCUT2D eigenvalue weighted by Crippen LogP contribution is -2.34. The Morgan fingerprint density at radius 2 is 1.76 bits per heavy atom. The monoisotopic (exact) mass is 356 g/mol. The average molecular weight is 356 g/mol. The quantitative estimate of drug-likeness (QED) is 0.567. The highest BCUT2D eigenvalue weighted by Crippen LogP contribution is 2.17. The smallest absolute Gasteiger partial charge is 0.226 e. The minimum absolute atomic E-state index is 0.118. The number of carbonyl (C=O) groups excluding carboxylic acids is 1. The molecular weight excluding hydrogens is 332 g/mol. The van der Waals surface area contributed by atoms with Crippen LogP contribution in [0.25, 0.3) is 0 Å². The lowest BCUT2D eigenvalue weighted by Gasteiger charge is -2.11. The highest BCUT2D eigenvalue weighted by atomic mass is 32.1. The summed E-state index contributed by atoms with van der Waals surface area (Å²) in [5.41, 5.74) is 2.13. The molecule has 25 heavy (non-hydrogen) atoms. The summed E-state index contributed by atoms with van der Waals surface area (Å²) in [5.74, 6) is 1.18. The van der Waals surface area contributed by atoms with E-state index < -0.39 is 0 Å². The number of thiocarbonyl (C=S) groups is 1. The molecule has 2 aromatic carbocycles. The van der Waals surface area contributed by atoms with Crippen molar-refractivity contribution in [1.29, 1.82) is 0 Å². The van der Waals surface area contributed by atoms with Crippen molar-refractivity contribution in [3.63, 3.8) is 0 Å². The van der Waals surface area contributed by atoms with E-state index in [9.17, 15) is 4.79 Å². The van der Waals surface area contributed by atoms with E-state index in [1.807, 2.05) is 42.5 Å². The van der Waals surface area contributed by atoms with Crippen molar-refractivity contribution in [2.75, 3.05) is 11.9 Å². The van der Waals surface area contributed by atoms with E-state index in [2.05, 4.69) is 36.6 Å². The number of benzene rings is 2. The molecule has 0 saturated heterocycles. The normalized spacial score (nSPS) is 10.4. The van der Waals surface area contributed by atoms with Crippen LogP contribution in [0.3, 0.4) is 0 Å². The Kier molecular flexibility index (Phi) is 7.41. The van der Waals surface area contributed by atoms with Crippen LogP contribution >= 0.6 is 12.2 Å². The van der Waals surface area contributed by atoms with Crippen molar-refractivity contribution in [3.05, 3.63) is 60.2 Å². The van der Waals surface area contributed by atoms with Crippen molar-refractivity contribution in [2.24, 2.45) is 0 Å². The Morgan fingerprint density at radius 3 is 2.40 bits per heavy atom. The highest BCUT2D eigenvalue weighted by Gasteiger charge is 2.06. The second kappa shape index (κ2) is 9.79. The van der Waals surface area contributed by atoms with E-state index in [4.69, 9.17) is 17.0 Å². The Labute approximate surface area is 154 Å². The summed E-state index contributed by atoms with van der Waals surface area (Å²) in [6.45, 7) is 4.79. The number of rotatable bonds is 7. The first kappa shape index (κ1) is 18.9. The van der Waals surface area contributed by atoms with Crippen molar-refractivity contribution in [3.8, 4) is 5.75 Å². The second-order valence-electron chi connectivity index (χ2n) is 6.04. The number of ether oxygens (including phenoxy) is 1. The average Bonchev–Trinajstić information content (AvgIpc) is 2.60. The van der Waals surface area contributed by atoms with Gasteiger partial charge in [-0.2, -0.15) is 0 Å². The molecule has 0 aromatic heterocycles. The maximum atomic E-state index is 11.9. The summed E-state index contributed by atoms with van der Waals surface area (Å²) >= 11 is 5.18. The molecule has 4 nitrogen and oxygen atoms in total. The standard InChI is InChI=1S/C20H24N2O2S/c1-15(2)16-10-12-17(13-11-16)21-20(25)22-19(23)9-6-14-24-18-7-4-3-5-8-18/h3-5,7-8,10-13,15H,6,9,14H2,1-2H3,(H2,21,22,23,25). The third kappa shape index (κ3) is 6.93. The van der Waals surface area contributed by atoms with Gasteiger partial charge in [0.25, 0.3) is 0 Å². The SMILES string of the molecule is CC(C)c1ccc(NC(=S)NC(=O)CCCOc2ccccc2)cc1. The van der Waals surface area contributed by atoms with Crippen LogP contribution in [-0.2, 0) is 4.79 Å². The lowest BCUT2D eigenvalue weighted by molar-refractivity contribution is -0.119. The zero-order chi connectivity index (χ0) is 18.1. The molecule has 0 spiro atoms. The lowest BCUT2D eigenvalue weighted by atomic mass is 10.0. The van der Waals surface area contributed by atoms with E-state index in [1.165, 1.54) is 5.56 Å². The van der Waals surface area contributed by atoms with E-state index in [1.54, 1.807) is 0 Å². The maximum Gasteiger partial charge on any atom is 0.226 e. The summed E-state index contributed by atoms with van der Waals surface area (Å²) < 4.78 is 5.56. The predicted molar refractivity (Wildman–Crippen MR) is 106 cm³/mol.